The third-order valence-electron chi connectivity index (χ3n) is 8.09. The Kier molecular flexibility index (Phi) is 6.48. The Labute approximate surface area is 198 Å². The van der Waals surface area contributed by atoms with E-state index in [1.807, 2.05) is 31.2 Å². The second kappa shape index (κ2) is 9.66. The van der Waals surface area contributed by atoms with Crippen molar-refractivity contribution in [1.82, 2.24) is 0 Å². The quantitative estimate of drug-likeness (QED) is 0.578. The molecule has 1 saturated carbocycles. The average molecular weight is 448 g/mol. The number of rotatable bonds is 5. The standard InChI is InChI=1S/C28H37N3O2/c1-2-33-27(32)23-5-7-24(8-6-23)30-19-21-31(22-20-30)26-11-9-25(10-12-26)29-17-15-28(16-18-29)13-3-4-14-28/h5-12H,2-4,13-22H2,1H3. The van der Waals surface area contributed by atoms with Gasteiger partial charge < -0.3 is 19.4 Å². The molecule has 0 aromatic heterocycles. The number of anilines is 3. The summed E-state index contributed by atoms with van der Waals surface area (Å²) in [5.41, 5.74) is 5.16. The molecule has 176 valence electrons. The molecule has 0 unspecified atom stereocenters. The van der Waals surface area contributed by atoms with E-state index in [-0.39, 0.29) is 5.97 Å². The summed E-state index contributed by atoms with van der Waals surface area (Å²) in [7, 11) is 0. The lowest BCUT2D eigenvalue weighted by Gasteiger charge is -2.41. The minimum Gasteiger partial charge on any atom is -0.462 e. The van der Waals surface area contributed by atoms with E-state index in [2.05, 4.69) is 39.0 Å². The van der Waals surface area contributed by atoms with Crippen LogP contribution < -0.4 is 14.7 Å². The van der Waals surface area contributed by atoms with Crippen molar-refractivity contribution in [2.45, 2.75) is 45.4 Å². The number of piperazine rings is 1. The number of esters is 1. The van der Waals surface area contributed by atoms with E-state index < -0.39 is 0 Å². The number of ether oxygens (including phenoxy) is 1. The van der Waals surface area contributed by atoms with Crippen molar-refractivity contribution in [1.29, 1.82) is 0 Å². The van der Waals surface area contributed by atoms with Crippen molar-refractivity contribution in [3.63, 3.8) is 0 Å². The number of benzene rings is 2. The summed E-state index contributed by atoms with van der Waals surface area (Å²) < 4.78 is 5.08. The second-order valence-corrected chi connectivity index (χ2v) is 9.95. The lowest BCUT2D eigenvalue weighted by atomic mass is 9.77. The van der Waals surface area contributed by atoms with Crippen LogP contribution in [0.4, 0.5) is 17.1 Å². The molecule has 1 aliphatic carbocycles. The maximum atomic E-state index is 11.9. The first-order valence-electron chi connectivity index (χ1n) is 12.8. The number of nitrogens with zero attached hydrogens (tertiary/aromatic N) is 3. The molecule has 0 bridgehead atoms. The molecular formula is C28H37N3O2. The summed E-state index contributed by atoms with van der Waals surface area (Å²) in [4.78, 5) is 19.3. The van der Waals surface area contributed by atoms with Crippen molar-refractivity contribution >= 4 is 23.0 Å². The average Bonchev–Trinajstić information content (AvgIpc) is 3.33. The van der Waals surface area contributed by atoms with Gasteiger partial charge in [-0.25, -0.2) is 4.79 Å². The molecule has 5 rings (SSSR count). The van der Waals surface area contributed by atoms with Crippen LogP contribution in [0.1, 0.15) is 55.8 Å². The zero-order valence-corrected chi connectivity index (χ0v) is 20.0. The van der Waals surface area contributed by atoms with Gasteiger partial charge in [-0.1, -0.05) is 12.8 Å². The Morgan fingerprint density at radius 1 is 0.697 bits per heavy atom. The van der Waals surface area contributed by atoms with Gasteiger partial charge in [-0.15, -0.1) is 0 Å². The van der Waals surface area contributed by atoms with Gasteiger partial charge in [-0.05, 0) is 86.6 Å². The smallest absolute Gasteiger partial charge is 0.338 e. The van der Waals surface area contributed by atoms with Crippen LogP contribution in [-0.2, 0) is 4.74 Å². The summed E-state index contributed by atoms with van der Waals surface area (Å²) in [5.74, 6) is -0.250. The fourth-order valence-electron chi connectivity index (χ4n) is 5.98. The van der Waals surface area contributed by atoms with Crippen molar-refractivity contribution in [2.24, 2.45) is 5.41 Å². The highest BCUT2D eigenvalue weighted by Gasteiger charge is 2.36. The third-order valence-corrected chi connectivity index (χ3v) is 8.09. The lowest BCUT2D eigenvalue weighted by Crippen LogP contribution is -2.46. The van der Waals surface area contributed by atoms with Gasteiger partial charge in [0.2, 0.25) is 0 Å². The molecule has 2 aromatic rings. The van der Waals surface area contributed by atoms with E-state index in [0.717, 1.165) is 26.2 Å². The molecule has 5 nitrogen and oxygen atoms in total. The number of piperidine rings is 1. The van der Waals surface area contributed by atoms with Crippen LogP contribution in [0.25, 0.3) is 0 Å². The molecule has 0 amide bonds. The maximum Gasteiger partial charge on any atom is 0.338 e. The zero-order valence-electron chi connectivity index (χ0n) is 20.0. The minimum atomic E-state index is -0.250. The van der Waals surface area contributed by atoms with Gasteiger partial charge in [-0.3, -0.25) is 0 Å². The molecule has 0 atom stereocenters. The van der Waals surface area contributed by atoms with Crippen LogP contribution in [-0.4, -0.2) is 51.8 Å². The predicted octanol–water partition coefficient (Wildman–Crippen LogP) is 5.35. The number of carbonyl (C=O) groups excluding carboxylic acids is 1. The molecule has 0 N–H and O–H groups in total. The predicted molar refractivity (Wildman–Crippen MR) is 136 cm³/mol. The van der Waals surface area contributed by atoms with Crippen LogP contribution in [0.15, 0.2) is 48.5 Å². The van der Waals surface area contributed by atoms with E-state index in [4.69, 9.17) is 4.74 Å². The van der Waals surface area contributed by atoms with E-state index >= 15 is 0 Å². The van der Waals surface area contributed by atoms with Crippen molar-refractivity contribution < 1.29 is 9.53 Å². The summed E-state index contributed by atoms with van der Waals surface area (Å²) in [6, 6.07) is 17.1. The second-order valence-electron chi connectivity index (χ2n) is 9.95. The summed E-state index contributed by atoms with van der Waals surface area (Å²) in [5, 5.41) is 0. The van der Waals surface area contributed by atoms with Gasteiger partial charge in [0.1, 0.15) is 0 Å². The van der Waals surface area contributed by atoms with E-state index in [1.54, 1.807) is 0 Å². The molecule has 2 heterocycles. The molecule has 2 aromatic carbocycles. The van der Waals surface area contributed by atoms with Gasteiger partial charge in [0.25, 0.3) is 0 Å². The van der Waals surface area contributed by atoms with Crippen LogP contribution in [0.5, 0.6) is 0 Å². The SMILES string of the molecule is CCOC(=O)c1ccc(N2CCN(c3ccc(N4CCC5(CCCC5)CC4)cc3)CC2)cc1. The topological polar surface area (TPSA) is 36.0 Å². The highest BCUT2D eigenvalue weighted by atomic mass is 16.5. The molecular weight excluding hydrogens is 410 g/mol. The van der Waals surface area contributed by atoms with Crippen LogP contribution in [0.3, 0.4) is 0 Å². The Hall–Kier alpha value is -2.69. The molecule has 0 radical (unpaired) electrons. The fourth-order valence-corrected chi connectivity index (χ4v) is 5.98. The Balaban J connectivity index is 1.13. The van der Waals surface area contributed by atoms with Gasteiger partial charge in [0.15, 0.2) is 0 Å². The number of carbonyl (C=O) groups is 1. The van der Waals surface area contributed by atoms with Crippen LogP contribution in [0.2, 0.25) is 0 Å². The highest BCUT2D eigenvalue weighted by molar-refractivity contribution is 5.89. The molecule has 3 aliphatic rings. The monoisotopic (exact) mass is 447 g/mol. The first-order chi connectivity index (χ1) is 16.2. The van der Waals surface area contributed by atoms with Gasteiger partial charge in [0.05, 0.1) is 12.2 Å². The van der Waals surface area contributed by atoms with E-state index in [9.17, 15) is 4.79 Å². The molecule has 3 fully saturated rings. The van der Waals surface area contributed by atoms with Gasteiger partial charge in [-0.2, -0.15) is 0 Å². The normalized spacial score (nSPS) is 20.3. The Morgan fingerprint density at radius 3 is 1.58 bits per heavy atom. The molecule has 1 spiro atoms. The summed E-state index contributed by atoms with van der Waals surface area (Å²) in [6.45, 7) is 8.64. The van der Waals surface area contributed by atoms with E-state index in [0.29, 0.717) is 17.6 Å². The Morgan fingerprint density at radius 2 is 1.12 bits per heavy atom. The summed E-state index contributed by atoms with van der Waals surface area (Å²) >= 11 is 0. The van der Waals surface area contributed by atoms with Gasteiger partial charge >= 0.3 is 5.97 Å². The van der Waals surface area contributed by atoms with Crippen molar-refractivity contribution in [3.05, 3.63) is 54.1 Å². The lowest BCUT2D eigenvalue weighted by molar-refractivity contribution is 0.0526. The van der Waals surface area contributed by atoms with Crippen LogP contribution >= 0.6 is 0 Å². The third kappa shape index (κ3) is 4.83. The largest absolute Gasteiger partial charge is 0.462 e. The zero-order chi connectivity index (χ0) is 22.7. The molecule has 33 heavy (non-hydrogen) atoms. The fraction of sp³-hybridized carbons (Fsp3) is 0.536. The first kappa shape index (κ1) is 22.1. The van der Waals surface area contributed by atoms with Crippen LogP contribution in [0, 0.1) is 5.41 Å². The Bertz CT molecular complexity index is 917. The highest BCUT2D eigenvalue weighted by Crippen LogP contribution is 2.46. The maximum absolute atomic E-state index is 11.9. The summed E-state index contributed by atoms with van der Waals surface area (Å²) in [6.07, 6.45) is 8.55. The van der Waals surface area contributed by atoms with E-state index in [1.165, 1.54) is 68.7 Å². The van der Waals surface area contributed by atoms with Crippen molar-refractivity contribution in [3.8, 4) is 0 Å². The minimum absolute atomic E-state index is 0.250. The molecule has 5 heteroatoms. The number of hydrogen-bond donors (Lipinski definition) is 0. The number of hydrogen-bond acceptors (Lipinski definition) is 5. The van der Waals surface area contributed by atoms with Gasteiger partial charge in [0, 0.05) is 56.3 Å². The molecule has 2 aliphatic heterocycles. The first-order valence-corrected chi connectivity index (χ1v) is 12.8. The van der Waals surface area contributed by atoms with Crippen molar-refractivity contribution in [2.75, 3.05) is 60.6 Å². The molecule has 2 saturated heterocycles.